The van der Waals surface area contributed by atoms with E-state index in [1.165, 1.54) is 6.42 Å². The van der Waals surface area contributed by atoms with E-state index in [4.69, 9.17) is 0 Å². The molecule has 2 rings (SSSR count). The standard InChI is InChI=1S/C16H28N2O2/c1-12(2)18-9-5-7-15(18)10-16(20)17-8-4-6-14(11-17)13(3)19/h12,14-15H,4-11H2,1-3H3/t14?,15-/m0/s1. The van der Waals surface area contributed by atoms with Crippen LogP contribution < -0.4 is 0 Å². The zero-order chi connectivity index (χ0) is 14.7. The highest BCUT2D eigenvalue weighted by Crippen LogP contribution is 2.25. The first kappa shape index (κ1) is 15.5. The highest BCUT2D eigenvalue weighted by atomic mass is 16.2. The number of rotatable bonds is 4. The number of carbonyl (C=O) groups excluding carboxylic acids is 2. The van der Waals surface area contributed by atoms with Crippen LogP contribution in [0, 0.1) is 5.92 Å². The lowest BCUT2D eigenvalue weighted by Gasteiger charge is -2.34. The van der Waals surface area contributed by atoms with Gasteiger partial charge in [-0.05, 0) is 53.0 Å². The molecule has 2 aliphatic rings. The van der Waals surface area contributed by atoms with Crippen molar-refractivity contribution in [3.63, 3.8) is 0 Å². The van der Waals surface area contributed by atoms with Gasteiger partial charge in [0.05, 0.1) is 0 Å². The molecule has 20 heavy (non-hydrogen) atoms. The molecule has 0 aromatic carbocycles. The van der Waals surface area contributed by atoms with E-state index < -0.39 is 0 Å². The van der Waals surface area contributed by atoms with E-state index in [1.54, 1.807) is 6.92 Å². The summed E-state index contributed by atoms with van der Waals surface area (Å²) in [5.74, 6) is 0.540. The highest BCUT2D eigenvalue weighted by Gasteiger charge is 2.32. The van der Waals surface area contributed by atoms with Gasteiger partial charge in [0.1, 0.15) is 5.78 Å². The summed E-state index contributed by atoms with van der Waals surface area (Å²) in [7, 11) is 0. The zero-order valence-corrected chi connectivity index (χ0v) is 13.1. The summed E-state index contributed by atoms with van der Waals surface area (Å²) in [4.78, 5) is 28.4. The molecule has 0 saturated carbocycles. The minimum Gasteiger partial charge on any atom is -0.342 e. The van der Waals surface area contributed by atoms with Crippen molar-refractivity contribution in [2.75, 3.05) is 19.6 Å². The second kappa shape index (κ2) is 6.70. The van der Waals surface area contributed by atoms with Crippen LogP contribution in [0.2, 0.25) is 0 Å². The van der Waals surface area contributed by atoms with Gasteiger partial charge >= 0.3 is 0 Å². The number of ketones is 1. The van der Waals surface area contributed by atoms with Gasteiger partial charge in [-0.1, -0.05) is 0 Å². The van der Waals surface area contributed by atoms with Gasteiger partial charge in [0.15, 0.2) is 0 Å². The fourth-order valence-corrected chi connectivity index (χ4v) is 3.62. The molecule has 0 spiro atoms. The van der Waals surface area contributed by atoms with Crippen LogP contribution in [-0.2, 0) is 9.59 Å². The maximum atomic E-state index is 12.5. The Morgan fingerprint density at radius 3 is 2.50 bits per heavy atom. The number of nitrogens with zero attached hydrogens (tertiary/aromatic N) is 2. The van der Waals surface area contributed by atoms with E-state index in [0.29, 0.717) is 25.0 Å². The summed E-state index contributed by atoms with van der Waals surface area (Å²) in [5.41, 5.74) is 0. The second-order valence-electron chi connectivity index (χ2n) is 6.62. The molecule has 0 N–H and O–H groups in total. The van der Waals surface area contributed by atoms with Gasteiger partial charge in [-0.25, -0.2) is 0 Å². The zero-order valence-electron chi connectivity index (χ0n) is 13.1. The van der Waals surface area contributed by atoms with Gasteiger partial charge in [-0.3, -0.25) is 14.5 Å². The van der Waals surface area contributed by atoms with Crippen molar-refractivity contribution in [2.45, 2.75) is 65.0 Å². The van der Waals surface area contributed by atoms with Crippen LogP contribution in [0.5, 0.6) is 0 Å². The van der Waals surface area contributed by atoms with Crippen LogP contribution in [0.25, 0.3) is 0 Å². The monoisotopic (exact) mass is 280 g/mol. The number of carbonyl (C=O) groups is 2. The van der Waals surface area contributed by atoms with Gasteiger partial charge in [-0.2, -0.15) is 0 Å². The van der Waals surface area contributed by atoms with E-state index in [2.05, 4.69) is 18.7 Å². The molecule has 0 aromatic heterocycles. The van der Waals surface area contributed by atoms with E-state index >= 15 is 0 Å². The lowest BCUT2D eigenvalue weighted by molar-refractivity contribution is -0.135. The average Bonchev–Trinajstić information content (AvgIpc) is 2.87. The van der Waals surface area contributed by atoms with Crippen LogP contribution in [-0.4, -0.2) is 53.2 Å². The molecule has 0 bridgehead atoms. The highest BCUT2D eigenvalue weighted by molar-refractivity contribution is 5.81. The van der Waals surface area contributed by atoms with Crippen molar-refractivity contribution in [1.82, 2.24) is 9.80 Å². The number of hydrogen-bond acceptors (Lipinski definition) is 3. The first-order valence-corrected chi connectivity index (χ1v) is 8.03. The Hall–Kier alpha value is -0.900. The van der Waals surface area contributed by atoms with Crippen molar-refractivity contribution in [1.29, 1.82) is 0 Å². The maximum absolute atomic E-state index is 12.5. The quantitative estimate of drug-likeness (QED) is 0.791. The SMILES string of the molecule is CC(=O)C1CCCN(C(=O)C[C@@H]2CCCN2C(C)C)C1. The Labute approximate surface area is 122 Å². The molecule has 2 fully saturated rings. The molecule has 2 heterocycles. The molecule has 1 unspecified atom stereocenters. The van der Waals surface area contributed by atoms with Crippen molar-refractivity contribution in [3.05, 3.63) is 0 Å². The van der Waals surface area contributed by atoms with Crippen molar-refractivity contribution >= 4 is 11.7 Å². The molecule has 4 nitrogen and oxygen atoms in total. The fraction of sp³-hybridized carbons (Fsp3) is 0.875. The van der Waals surface area contributed by atoms with Crippen LogP contribution in [0.3, 0.4) is 0 Å². The first-order valence-electron chi connectivity index (χ1n) is 8.03. The predicted molar refractivity (Wildman–Crippen MR) is 79.5 cm³/mol. The average molecular weight is 280 g/mol. The van der Waals surface area contributed by atoms with Crippen molar-refractivity contribution in [2.24, 2.45) is 5.92 Å². The van der Waals surface area contributed by atoms with Crippen LogP contribution >= 0.6 is 0 Å². The maximum Gasteiger partial charge on any atom is 0.224 e. The third-order valence-corrected chi connectivity index (χ3v) is 4.85. The molecule has 114 valence electrons. The number of likely N-dealkylation sites (tertiary alicyclic amines) is 2. The lowest BCUT2D eigenvalue weighted by Crippen LogP contribution is -2.45. The van der Waals surface area contributed by atoms with Crippen LogP contribution in [0.15, 0.2) is 0 Å². The molecule has 2 atom stereocenters. The Morgan fingerprint density at radius 2 is 1.85 bits per heavy atom. The number of piperidine rings is 1. The van der Waals surface area contributed by atoms with Crippen LogP contribution in [0.1, 0.15) is 52.9 Å². The lowest BCUT2D eigenvalue weighted by atomic mass is 9.94. The fourth-order valence-electron chi connectivity index (χ4n) is 3.62. The summed E-state index contributed by atoms with van der Waals surface area (Å²) >= 11 is 0. The van der Waals surface area contributed by atoms with Gasteiger partial charge in [-0.15, -0.1) is 0 Å². The summed E-state index contributed by atoms with van der Waals surface area (Å²) < 4.78 is 0. The largest absolute Gasteiger partial charge is 0.342 e. The van der Waals surface area contributed by atoms with Crippen LogP contribution in [0.4, 0.5) is 0 Å². The summed E-state index contributed by atoms with van der Waals surface area (Å²) in [5, 5.41) is 0. The number of Topliss-reactive ketones (excluding diaryl/α,β-unsaturated/α-hetero) is 1. The smallest absolute Gasteiger partial charge is 0.224 e. The summed E-state index contributed by atoms with van der Waals surface area (Å²) in [6.45, 7) is 8.65. The first-order chi connectivity index (χ1) is 9.49. The number of hydrogen-bond donors (Lipinski definition) is 0. The number of amides is 1. The minimum atomic E-state index is 0.0671. The summed E-state index contributed by atoms with van der Waals surface area (Å²) in [6, 6.07) is 0.918. The summed E-state index contributed by atoms with van der Waals surface area (Å²) in [6.07, 6.45) is 4.87. The van der Waals surface area contributed by atoms with E-state index in [0.717, 1.165) is 32.4 Å². The minimum absolute atomic E-state index is 0.0671. The molecule has 4 heteroatoms. The molecular weight excluding hydrogens is 252 g/mol. The third kappa shape index (κ3) is 3.60. The van der Waals surface area contributed by atoms with Gasteiger partial charge in [0, 0.05) is 37.5 Å². The topological polar surface area (TPSA) is 40.6 Å². The molecule has 2 saturated heterocycles. The Kier molecular flexibility index (Phi) is 5.19. The van der Waals surface area contributed by atoms with Crippen molar-refractivity contribution < 1.29 is 9.59 Å². The molecule has 0 aliphatic carbocycles. The van der Waals surface area contributed by atoms with E-state index in [-0.39, 0.29) is 17.6 Å². The van der Waals surface area contributed by atoms with Gasteiger partial charge < -0.3 is 4.90 Å². The predicted octanol–water partition coefficient (Wildman–Crippen LogP) is 2.08. The van der Waals surface area contributed by atoms with Gasteiger partial charge in [0.2, 0.25) is 5.91 Å². The third-order valence-electron chi connectivity index (χ3n) is 4.85. The molecule has 0 aromatic rings. The van der Waals surface area contributed by atoms with Gasteiger partial charge in [0.25, 0.3) is 0 Å². The Morgan fingerprint density at radius 1 is 1.15 bits per heavy atom. The van der Waals surface area contributed by atoms with E-state index in [9.17, 15) is 9.59 Å². The van der Waals surface area contributed by atoms with E-state index in [1.807, 2.05) is 4.90 Å². The molecule has 0 radical (unpaired) electrons. The van der Waals surface area contributed by atoms with Crippen molar-refractivity contribution in [3.8, 4) is 0 Å². The molecule has 1 amide bonds. The second-order valence-corrected chi connectivity index (χ2v) is 6.62. The molecular formula is C16H28N2O2. The Bertz CT molecular complexity index is 367. The Balaban J connectivity index is 1.89. The normalized spacial score (nSPS) is 28.1. The molecule has 2 aliphatic heterocycles.